The summed E-state index contributed by atoms with van der Waals surface area (Å²) in [7, 11) is 1.66. The summed E-state index contributed by atoms with van der Waals surface area (Å²) in [6.07, 6.45) is 3.76. The van der Waals surface area contributed by atoms with Crippen molar-refractivity contribution >= 4 is 5.91 Å². The molecule has 25 heavy (non-hydrogen) atoms. The van der Waals surface area contributed by atoms with Crippen molar-refractivity contribution < 1.29 is 9.53 Å². The fraction of sp³-hybridized carbons (Fsp3) is 0.500. The number of ether oxygens (including phenoxy) is 1. The van der Waals surface area contributed by atoms with Crippen LogP contribution in [0, 0.1) is 11.8 Å². The highest BCUT2D eigenvalue weighted by molar-refractivity contribution is 5.78. The number of hydrogen-bond donors (Lipinski definition) is 0. The summed E-state index contributed by atoms with van der Waals surface area (Å²) in [4.78, 5) is 18.9. The molecule has 2 aromatic rings. The van der Waals surface area contributed by atoms with Crippen LogP contribution in [-0.4, -0.2) is 34.0 Å². The Bertz CT molecular complexity index is 675. The van der Waals surface area contributed by atoms with Gasteiger partial charge in [0.2, 0.25) is 5.91 Å². The van der Waals surface area contributed by atoms with Gasteiger partial charge in [-0.1, -0.05) is 39.8 Å². The highest BCUT2D eigenvalue weighted by atomic mass is 16.5. The third kappa shape index (κ3) is 5.34. The molecule has 1 heterocycles. The van der Waals surface area contributed by atoms with E-state index in [1.807, 2.05) is 49.2 Å². The topological polar surface area (TPSA) is 47.4 Å². The van der Waals surface area contributed by atoms with Crippen LogP contribution >= 0.6 is 0 Å². The first-order valence-corrected chi connectivity index (χ1v) is 8.82. The third-order valence-corrected chi connectivity index (χ3v) is 4.04. The summed E-state index contributed by atoms with van der Waals surface area (Å²) in [6, 6.07) is 8.01. The second-order valence-electron chi connectivity index (χ2n) is 7.09. The number of benzene rings is 1. The fourth-order valence-electron chi connectivity index (χ4n) is 2.77. The summed E-state index contributed by atoms with van der Waals surface area (Å²) < 4.78 is 7.30. The van der Waals surface area contributed by atoms with Crippen molar-refractivity contribution in [3.05, 3.63) is 48.0 Å². The first-order chi connectivity index (χ1) is 11.9. The highest BCUT2D eigenvalue weighted by Gasteiger charge is 2.20. The molecule has 0 saturated carbocycles. The number of amides is 1. The van der Waals surface area contributed by atoms with Crippen LogP contribution in [0.25, 0.3) is 0 Å². The molecule has 0 N–H and O–H groups in total. The highest BCUT2D eigenvalue weighted by Crippen LogP contribution is 2.15. The molecule has 1 amide bonds. The van der Waals surface area contributed by atoms with Crippen molar-refractivity contribution in [2.24, 2.45) is 11.8 Å². The normalized spacial score (nSPS) is 11.2. The molecule has 0 aliphatic heterocycles. The lowest BCUT2D eigenvalue weighted by molar-refractivity contribution is -0.135. The third-order valence-electron chi connectivity index (χ3n) is 4.04. The molecule has 0 saturated heterocycles. The Hall–Kier alpha value is -2.30. The average molecular weight is 343 g/mol. The largest absolute Gasteiger partial charge is 0.497 e. The van der Waals surface area contributed by atoms with Crippen molar-refractivity contribution in [1.29, 1.82) is 0 Å². The summed E-state index contributed by atoms with van der Waals surface area (Å²) >= 11 is 0. The van der Waals surface area contributed by atoms with Crippen molar-refractivity contribution in [3.63, 3.8) is 0 Å². The molecule has 0 aliphatic carbocycles. The van der Waals surface area contributed by atoms with Gasteiger partial charge in [0.15, 0.2) is 0 Å². The molecule has 0 atom stereocenters. The van der Waals surface area contributed by atoms with Gasteiger partial charge >= 0.3 is 0 Å². The molecule has 5 nitrogen and oxygen atoms in total. The lowest BCUT2D eigenvalue weighted by Gasteiger charge is -2.26. The predicted octanol–water partition coefficient (Wildman–Crippen LogP) is 3.58. The monoisotopic (exact) mass is 343 g/mol. The zero-order valence-electron chi connectivity index (χ0n) is 15.9. The van der Waals surface area contributed by atoms with Gasteiger partial charge in [0.05, 0.1) is 13.7 Å². The van der Waals surface area contributed by atoms with Gasteiger partial charge < -0.3 is 14.2 Å². The first-order valence-electron chi connectivity index (χ1n) is 8.82. The van der Waals surface area contributed by atoms with E-state index < -0.39 is 0 Å². The minimum Gasteiger partial charge on any atom is -0.497 e. The van der Waals surface area contributed by atoms with Crippen LogP contribution in [0.15, 0.2) is 36.7 Å². The maximum Gasteiger partial charge on any atom is 0.225 e. The molecule has 0 radical (unpaired) electrons. The Morgan fingerprint density at radius 3 is 2.44 bits per heavy atom. The van der Waals surface area contributed by atoms with Gasteiger partial charge in [0.1, 0.15) is 11.6 Å². The van der Waals surface area contributed by atoms with Crippen molar-refractivity contribution in [1.82, 2.24) is 14.5 Å². The Morgan fingerprint density at radius 1 is 1.20 bits per heavy atom. The van der Waals surface area contributed by atoms with Gasteiger partial charge in [0, 0.05) is 31.4 Å². The predicted molar refractivity (Wildman–Crippen MR) is 99.4 cm³/mol. The van der Waals surface area contributed by atoms with E-state index in [1.165, 1.54) is 5.56 Å². The van der Waals surface area contributed by atoms with Crippen molar-refractivity contribution in [2.45, 2.75) is 40.8 Å². The number of rotatable bonds is 8. The zero-order chi connectivity index (χ0) is 18.4. The Balaban J connectivity index is 2.13. The molecular formula is C20H29N3O2. The zero-order valence-corrected chi connectivity index (χ0v) is 15.9. The molecule has 1 aromatic heterocycles. The van der Waals surface area contributed by atoms with Gasteiger partial charge in [-0.3, -0.25) is 4.79 Å². The summed E-state index contributed by atoms with van der Waals surface area (Å²) in [5.41, 5.74) is 1.17. The van der Waals surface area contributed by atoms with Crippen molar-refractivity contribution in [2.75, 3.05) is 13.7 Å². The van der Waals surface area contributed by atoms with E-state index in [0.29, 0.717) is 12.5 Å². The Labute approximate surface area is 150 Å². The summed E-state index contributed by atoms with van der Waals surface area (Å²) in [5.74, 6) is 2.34. The maximum absolute atomic E-state index is 12.5. The smallest absolute Gasteiger partial charge is 0.225 e. The minimum atomic E-state index is -0.0104. The molecule has 0 aliphatic rings. The lowest BCUT2D eigenvalue weighted by atomic mass is 10.1. The van der Waals surface area contributed by atoms with Gasteiger partial charge in [-0.05, 0) is 23.6 Å². The molecule has 0 unspecified atom stereocenters. The number of nitrogens with zero attached hydrogens (tertiary/aromatic N) is 3. The van der Waals surface area contributed by atoms with Gasteiger partial charge in [-0.15, -0.1) is 0 Å². The maximum atomic E-state index is 12.5. The molecule has 2 rings (SSSR count). The SMILES string of the molecule is COc1ccc(Cn2ccnc2CN(CC(C)C)C(=O)C(C)C)cc1. The molecular weight excluding hydrogens is 314 g/mol. The number of carbonyl (C=O) groups excluding carboxylic acids is 1. The number of methoxy groups -OCH3 is 1. The van der Waals surface area contributed by atoms with Crippen LogP contribution in [0.2, 0.25) is 0 Å². The summed E-state index contributed by atoms with van der Waals surface area (Å²) in [6.45, 7) is 10.2. The summed E-state index contributed by atoms with van der Waals surface area (Å²) in [5, 5.41) is 0. The minimum absolute atomic E-state index is 0.0104. The quantitative estimate of drug-likeness (QED) is 0.736. The number of hydrogen-bond acceptors (Lipinski definition) is 3. The van der Waals surface area contributed by atoms with E-state index in [4.69, 9.17) is 4.74 Å². The lowest BCUT2D eigenvalue weighted by Crippen LogP contribution is -2.37. The van der Waals surface area contributed by atoms with Crippen LogP contribution in [0.3, 0.4) is 0 Å². The van der Waals surface area contributed by atoms with Crippen LogP contribution in [0.5, 0.6) is 5.75 Å². The molecule has 1 aromatic carbocycles. The number of aromatic nitrogens is 2. The van der Waals surface area contributed by atoms with Crippen molar-refractivity contribution in [3.8, 4) is 5.75 Å². The van der Waals surface area contributed by atoms with Crippen LogP contribution in [-0.2, 0) is 17.9 Å². The van der Waals surface area contributed by atoms with E-state index in [9.17, 15) is 4.79 Å². The Kier molecular flexibility index (Phi) is 6.62. The fourth-order valence-corrected chi connectivity index (χ4v) is 2.77. The molecule has 0 spiro atoms. The molecule has 0 fully saturated rings. The van der Waals surface area contributed by atoms with E-state index in [2.05, 4.69) is 23.4 Å². The number of carbonyl (C=O) groups is 1. The molecule has 0 bridgehead atoms. The molecule has 136 valence electrons. The molecule has 5 heteroatoms. The second-order valence-corrected chi connectivity index (χ2v) is 7.09. The van der Waals surface area contributed by atoms with Crippen LogP contribution < -0.4 is 4.74 Å². The van der Waals surface area contributed by atoms with Crippen LogP contribution in [0.1, 0.15) is 39.1 Å². The van der Waals surface area contributed by atoms with E-state index in [0.717, 1.165) is 24.7 Å². The van der Waals surface area contributed by atoms with E-state index in [-0.39, 0.29) is 11.8 Å². The average Bonchev–Trinajstić information content (AvgIpc) is 3.00. The van der Waals surface area contributed by atoms with E-state index >= 15 is 0 Å². The number of imidazole rings is 1. The van der Waals surface area contributed by atoms with E-state index in [1.54, 1.807) is 13.3 Å². The van der Waals surface area contributed by atoms with Gasteiger partial charge in [-0.25, -0.2) is 4.98 Å². The van der Waals surface area contributed by atoms with Crippen LogP contribution in [0.4, 0.5) is 0 Å². The first kappa shape index (κ1) is 19.0. The van der Waals surface area contributed by atoms with Gasteiger partial charge in [0.25, 0.3) is 0 Å². The van der Waals surface area contributed by atoms with Gasteiger partial charge in [-0.2, -0.15) is 0 Å². The standard InChI is InChI=1S/C20H29N3O2/c1-15(2)12-23(20(24)16(3)4)14-19-21-10-11-22(19)13-17-6-8-18(25-5)9-7-17/h6-11,15-16H,12-14H2,1-5H3. The second kappa shape index (κ2) is 8.70. The Morgan fingerprint density at radius 2 is 1.88 bits per heavy atom.